The Hall–Kier alpha value is -2.03. The molecule has 2 aromatic rings. The van der Waals surface area contributed by atoms with Crippen molar-refractivity contribution in [3.8, 4) is 0 Å². The van der Waals surface area contributed by atoms with Gasteiger partial charge in [0, 0.05) is 46.5 Å². The van der Waals surface area contributed by atoms with Crippen molar-refractivity contribution in [3.05, 3.63) is 47.0 Å². The monoisotopic (exact) mass is 545 g/mol. The number of rotatable bonds is 6. The average molecular weight is 546 g/mol. The van der Waals surface area contributed by atoms with E-state index in [4.69, 9.17) is 42.1 Å². The van der Waals surface area contributed by atoms with Gasteiger partial charge in [0.15, 0.2) is 0 Å². The van der Waals surface area contributed by atoms with Crippen LogP contribution < -0.4 is 5.46 Å². The summed E-state index contributed by atoms with van der Waals surface area (Å²) in [5.74, 6) is -0.378. The molecule has 0 amide bonds. The third kappa shape index (κ3) is 5.71. The van der Waals surface area contributed by atoms with Gasteiger partial charge in [-0.25, -0.2) is 4.85 Å². The van der Waals surface area contributed by atoms with Crippen LogP contribution in [0.3, 0.4) is 0 Å². The van der Waals surface area contributed by atoms with Gasteiger partial charge in [-0.1, -0.05) is 37.6 Å². The fourth-order valence-corrected chi connectivity index (χ4v) is 6.19. The van der Waals surface area contributed by atoms with Gasteiger partial charge in [0.2, 0.25) is 5.69 Å². The average Bonchev–Trinajstić information content (AvgIpc) is 3.37. The minimum absolute atomic E-state index is 0.00260. The highest BCUT2D eigenvalue weighted by atomic mass is 35.5. The van der Waals surface area contributed by atoms with Gasteiger partial charge in [0.05, 0.1) is 29.9 Å². The zero-order valence-corrected chi connectivity index (χ0v) is 23.8. The largest absolute Gasteiger partial charge is 0.498 e. The zero-order valence-electron chi connectivity index (χ0n) is 22.2. The van der Waals surface area contributed by atoms with Crippen LogP contribution in [0.2, 0.25) is 5.02 Å². The summed E-state index contributed by atoms with van der Waals surface area (Å²) in [4.78, 5) is 16.0. The van der Waals surface area contributed by atoms with Gasteiger partial charge in [0.25, 0.3) is 0 Å². The van der Waals surface area contributed by atoms with E-state index in [-0.39, 0.29) is 42.0 Å². The Kier molecular flexibility index (Phi) is 8.04. The molecule has 1 aromatic heterocycles. The normalized spacial score (nSPS) is 28.6. The van der Waals surface area contributed by atoms with Gasteiger partial charge < -0.3 is 18.8 Å². The van der Waals surface area contributed by atoms with Gasteiger partial charge in [-0.3, -0.25) is 9.48 Å². The highest BCUT2D eigenvalue weighted by molar-refractivity contribution is 8.00. The minimum Gasteiger partial charge on any atom is -0.463 e. The summed E-state index contributed by atoms with van der Waals surface area (Å²) < 4.78 is 26.2. The zero-order chi connectivity index (χ0) is 27.1. The van der Waals surface area contributed by atoms with Crippen molar-refractivity contribution in [1.82, 2.24) is 9.78 Å². The third-order valence-corrected chi connectivity index (χ3v) is 9.18. The van der Waals surface area contributed by atoms with Crippen molar-refractivity contribution >= 4 is 47.6 Å². The van der Waals surface area contributed by atoms with Crippen molar-refractivity contribution in [2.75, 3.05) is 6.61 Å². The van der Waals surface area contributed by atoms with Crippen LogP contribution in [0.1, 0.15) is 54.5 Å². The number of benzene rings is 1. The van der Waals surface area contributed by atoms with Crippen LogP contribution in [0, 0.1) is 18.4 Å². The lowest BCUT2D eigenvalue weighted by molar-refractivity contribution is -0.156. The molecule has 37 heavy (non-hydrogen) atoms. The van der Waals surface area contributed by atoms with Crippen molar-refractivity contribution in [2.24, 2.45) is 11.8 Å². The van der Waals surface area contributed by atoms with E-state index < -0.39 is 18.3 Å². The van der Waals surface area contributed by atoms with E-state index >= 15 is 0 Å². The summed E-state index contributed by atoms with van der Waals surface area (Å²) in [5.41, 5.74) is 0.126. The van der Waals surface area contributed by atoms with Gasteiger partial charge >= 0.3 is 13.1 Å². The van der Waals surface area contributed by atoms with Crippen LogP contribution >= 0.6 is 23.4 Å². The standard InChI is InChI=1S/C26H33BClN3O5S/c1-15-21(14-33-17(3)32)34-24(37-22-11-19(28)9-10-20(22)29-8)16(2)23(15)31-13-18(12-30-31)27-35-25(4,5)26(6,7)36-27/h9-13,15-16,21,23-24H,14H2,1-7H3/t15-,16?,21?,23-,24+/m0/s1. The summed E-state index contributed by atoms with van der Waals surface area (Å²) in [6, 6.07) is 5.14. The lowest BCUT2D eigenvalue weighted by Crippen LogP contribution is -2.47. The fraction of sp³-hybridized carbons (Fsp3) is 0.577. The van der Waals surface area contributed by atoms with Crippen molar-refractivity contribution in [3.63, 3.8) is 0 Å². The topological polar surface area (TPSA) is 76.2 Å². The number of esters is 1. The Morgan fingerprint density at radius 2 is 1.92 bits per heavy atom. The summed E-state index contributed by atoms with van der Waals surface area (Å²) in [6.07, 6.45) is 3.40. The van der Waals surface area contributed by atoms with Crippen LogP contribution in [-0.2, 0) is 23.6 Å². The fourth-order valence-electron chi connectivity index (χ4n) is 4.70. The molecular formula is C26H33BClN3O5S. The first-order chi connectivity index (χ1) is 17.3. The molecule has 0 bridgehead atoms. The Labute approximate surface area is 228 Å². The molecule has 0 aliphatic carbocycles. The van der Waals surface area contributed by atoms with Crippen LogP contribution in [-0.4, -0.2) is 52.2 Å². The van der Waals surface area contributed by atoms with Crippen LogP contribution in [0.25, 0.3) is 4.85 Å². The number of aromatic nitrogens is 2. The molecule has 1 aromatic carbocycles. The predicted molar refractivity (Wildman–Crippen MR) is 144 cm³/mol. The molecule has 4 rings (SSSR count). The first-order valence-corrected chi connectivity index (χ1v) is 13.6. The van der Waals surface area contributed by atoms with Gasteiger partial charge in [-0.15, -0.1) is 11.8 Å². The molecule has 11 heteroatoms. The first kappa shape index (κ1) is 28.0. The van der Waals surface area contributed by atoms with Gasteiger partial charge in [-0.05, 0) is 33.8 Å². The maximum atomic E-state index is 11.6. The van der Waals surface area contributed by atoms with Crippen LogP contribution in [0.5, 0.6) is 0 Å². The first-order valence-electron chi connectivity index (χ1n) is 12.3. The summed E-state index contributed by atoms with van der Waals surface area (Å²) >= 11 is 7.70. The molecule has 3 heterocycles. The molecule has 2 aliphatic rings. The summed E-state index contributed by atoms with van der Waals surface area (Å²) in [7, 11) is -0.515. The molecular weight excluding hydrogens is 513 g/mol. The smallest absolute Gasteiger partial charge is 0.463 e. The number of thioether (sulfide) groups is 1. The SMILES string of the molecule is [C-]#[N+]c1ccc(Cl)cc1S[C@H]1OC(COC(C)=O)[C@H](C)[C@H](n2cc(B3OC(C)(C)C(C)(C)O3)cn2)C1C. The molecule has 8 nitrogen and oxygen atoms in total. The van der Waals surface area contributed by atoms with Crippen molar-refractivity contribution in [2.45, 2.75) is 82.1 Å². The lowest BCUT2D eigenvalue weighted by Gasteiger charge is -2.44. The Morgan fingerprint density at radius 1 is 1.24 bits per heavy atom. The van der Waals surface area contributed by atoms with E-state index in [9.17, 15) is 4.79 Å². The maximum Gasteiger partial charge on any atom is 0.498 e. The molecule has 198 valence electrons. The van der Waals surface area contributed by atoms with E-state index in [1.54, 1.807) is 24.4 Å². The lowest BCUT2D eigenvalue weighted by atomic mass is 9.81. The maximum absolute atomic E-state index is 11.6. The number of carbonyl (C=O) groups is 1. The van der Waals surface area contributed by atoms with E-state index in [0.29, 0.717) is 10.7 Å². The van der Waals surface area contributed by atoms with E-state index in [1.165, 1.54) is 18.7 Å². The third-order valence-electron chi connectivity index (χ3n) is 7.59. The predicted octanol–water partition coefficient (Wildman–Crippen LogP) is 5.28. The van der Waals surface area contributed by atoms with Gasteiger partial charge in [-0.2, -0.15) is 5.10 Å². The number of hydrogen-bond donors (Lipinski definition) is 0. The Bertz CT molecular complexity index is 1180. The van der Waals surface area contributed by atoms with E-state index in [0.717, 1.165) is 10.4 Å². The number of ether oxygens (including phenoxy) is 2. The molecule has 5 atom stereocenters. The molecule has 0 spiro atoms. The molecule has 0 N–H and O–H groups in total. The minimum atomic E-state index is -0.515. The highest BCUT2D eigenvalue weighted by Gasteiger charge is 2.52. The number of halogens is 1. The van der Waals surface area contributed by atoms with E-state index in [2.05, 4.69) is 18.7 Å². The molecule has 2 unspecified atom stereocenters. The summed E-state index contributed by atoms with van der Waals surface area (Å²) in [5, 5.41) is 5.27. The van der Waals surface area contributed by atoms with E-state index in [1.807, 2.05) is 38.6 Å². The molecule has 0 radical (unpaired) electrons. The molecule has 0 saturated carbocycles. The Morgan fingerprint density at radius 3 is 2.54 bits per heavy atom. The number of hydrogen-bond acceptors (Lipinski definition) is 7. The molecule has 2 aliphatic heterocycles. The molecule has 2 fully saturated rings. The van der Waals surface area contributed by atoms with Crippen molar-refractivity contribution < 1.29 is 23.6 Å². The highest BCUT2D eigenvalue weighted by Crippen LogP contribution is 2.46. The summed E-state index contributed by atoms with van der Waals surface area (Å²) in [6.45, 7) is 21.4. The molecule has 2 saturated heterocycles. The second kappa shape index (κ2) is 10.6. The van der Waals surface area contributed by atoms with Crippen LogP contribution in [0.4, 0.5) is 5.69 Å². The van der Waals surface area contributed by atoms with Gasteiger partial charge in [0.1, 0.15) is 12.0 Å². The second-order valence-electron chi connectivity index (χ2n) is 10.7. The Balaban J connectivity index is 1.63. The quantitative estimate of drug-likeness (QED) is 0.278. The van der Waals surface area contributed by atoms with Crippen molar-refractivity contribution in [1.29, 1.82) is 0 Å². The second-order valence-corrected chi connectivity index (χ2v) is 12.3. The number of nitrogens with zero attached hydrogens (tertiary/aromatic N) is 3. The van der Waals surface area contributed by atoms with Crippen LogP contribution in [0.15, 0.2) is 35.5 Å². The number of carbonyl (C=O) groups excluding carboxylic acids is 1.